The van der Waals surface area contributed by atoms with E-state index in [0.717, 1.165) is 17.1 Å². The molecule has 0 bridgehead atoms. The Morgan fingerprint density at radius 1 is 1.38 bits per heavy atom. The predicted octanol–water partition coefficient (Wildman–Crippen LogP) is 2.22. The number of hydrogen-bond acceptors (Lipinski definition) is 3. The zero-order valence-electron chi connectivity index (χ0n) is 12.8. The quantitative estimate of drug-likeness (QED) is 0.785. The molecule has 0 amide bonds. The molecule has 0 saturated heterocycles. The van der Waals surface area contributed by atoms with Crippen molar-refractivity contribution < 1.29 is 19.9 Å². The van der Waals surface area contributed by atoms with E-state index >= 15 is 0 Å². The molecule has 1 aromatic carbocycles. The van der Waals surface area contributed by atoms with Gasteiger partial charge in [0.25, 0.3) is 0 Å². The first-order chi connectivity index (χ1) is 10.1. The maximum Gasteiger partial charge on any atom is 0.175 e. The van der Waals surface area contributed by atoms with Gasteiger partial charge in [0.05, 0.1) is 24.2 Å². The molecule has 1 aromatic rings. The lowest BCUT2D eigenvalue weighted by Gasteiger charge is -2.18. The lowest BCUT2D eigenvalue weighted by Crippen LogP contribution is -2.87. The fourth-order valence-electron chi connectivity index (χ4n) is 2.74. The van der Waals surface area contributed by atoms with Gasteiger partial charge in [-0.15, -0.1) is 0 Å². The van der Waals surface area contributed by atoms with Crippen LogP contribution in [-0.2, 0) is 6.54 Å². The topological polar surface area (TPSA) is 55.3 Å². The molecule has 1 aliphatic rings. The number of quaternary nitrogens is 1. The van der Waals surface area contributed by atoms with Gasteiger partial charge >= 0.3 is 0 Å². The summed E-state index contributed by atoms with van der Waals surface area (Å²) in [6, 6.07) is 4.86. The third-order valence-corrected chi connectivity index (χ3v) is 4.54. The van der Waals surface area contributed by atoms with Crippen LogP contribution in [0.1, 0.15) is 38.2 Å². The number of hydrogen-bond donors (Lipinski definition) is 2. The first-order valence-electron chi connectivity index (χ1n) is 7.61. The molecule has 0 aromatic heterocycles. The number of methoxy groups -OCH3 is 1. The first-order valence-corrected chi connectivity index (χ1v) is 8.40. The fourth-order valence-corrected chi connectivity index (χ4v) is 3.32. The molecule has 4 nitrogen and oxygen atoms in total. The van der Waals surface area contributed by atoms with Gasteiger partial charge in [0.2, 0.25) is 0 Å². The molecule has 1 atom stereocenters. The average Bonchev–Trinajstić information content (AvgIpc) is 3.00. The van der Waals surface area contributed by atoms with Crippen LogP contribution in [0, 0.1) is 0 Å². The lowest BCUT2D eigenvalue weighted by molar-refractivity contribution is -0.703. The van der Waals surface area contributed by atoms with Crippen molar-refractivity contribution in [2.45, 2.75) is 51.3 Å². The Hall–Kier alpha value is -0.780. The molecule has 1 aliphatic carbocycles. The van der Waals surface area contributed by atoms with Gasteiger partial charge in [-0.05, 0) is 60.7 Å². The average molecular weight is 359 g/mol. The van der Waals surface area contributed by atoms with Crippen LogP contribution in [0.25, 0.3) is 0 Å². The summed E-state index contributed by atoms with van der Waals surface area (Å²) in [5.41, 5.74) is 1.22. The number of benzene rings is 1. The summed E-state index contributed by atoms with van der Waals surface area (Å²) in [5, 5.41) is 11.5. The van der Waals surface area contributed by atoms with E-state index in [0.29, 0.717) is 11.5 Å². The highest BCUT2D eigenvalue weighted by molar-refractivity contribution is 9.10. The molecule has 1 saturated carbocycles. The van der Waals surface area contributed by atoms with Crippen molar-refractivity contribution in [1.82, 2.24) is 0 Å². The maximum absolute atomic E-state index is 9.12. The van der Waals surface area contributed by atoms with Crippen LogP contribution in [0.2, 0.25) is 0 Å². The largest absolute Gasteiger partial charge is 0.493 e. The Kier molecular flexibility index (Phi) is 6.33. The molecular formula is C16H25BrNO3+. The van der Waals surface area contributed by atoms with Crippen LogP contribution in [0.5, 0.6) is 11.5 Å². The van der Waals surface area contributed by atoms with Crippen molar-refractivity contribution in [3.8, 4) is 11.5 Å². The highest BCUT2D eigenvalue weighted by Gasteiger charge is 2.19. The molecule has 3 N–H and O–H groups in total. The van der Waals surface area contributed by atoms with Crippen molar-refractivity contribution in [1.29, 1.82) is 0 Å². The van der Waals surface area contributed by atoms with Gasteiger partial charge in [-0.25, -0.2) is 0 Å². The molecule has 21 heavy (non-hydrogen) atoms. The second kappa shape index (κ2) is 8.01. The van der Waals surface area contributed by atoms with Gasteiger partial charge in [-0.1, -0.05) is 0 Å². The van der Waals surface area contributed by atoms with Crippen LogP contribution >= 0.6 is 15.9 Å². The van der Waals surface area contributed by atoms with Crippen molar-refractivity contribution in [2.75, 3.05) is 13.7 Å². The molecule has 118 valence electrons. The van der Waals surface area contributed by atoms with E-state index < -0.39 is 0 Å². The summed E-state index contributed by atoms with van der Waals surface area (Å²) < 4.78 is 12.0. The number of rotatable bonds is 7. The Morgan fingerprint density at radius 2 is 2.10 bits per heavy atom. The molecule has 5 heteroatoms. The smallest absolute Gasteiger partial charge is 0.175 e. The minimum Gasteiger partial charge on any atom is -0.493 e. The number of aliphatic hydroxyl groups excluding tert-OH is 1. The SMILES string of the molecule is COc1cc(C[NH2+]C2CCCC2)cc(Br)c1O[C@@H](C)CO. The van der Waals surface area contributed by atoms with E-state index in [1.54, 1.807) is 7.11 Å². The Bertz CT molecular complexity index is 461. The monoisotopic (exact) mass is 358 g/mol. The lowest BCUT2D eigenvalue weighted by atomic mass is 10.1. The minimum atomic E-state index is -0.258. The molecule has 0 spiro atoms. The summed E-state index contributed by atoms with van der Waals surface area (Å²) in [6.45, 7) is 2.76. The zero-order chi connectivity index (χ0) is 15.2. The molecule has 0 radical (unpaired) electrons. The van der Waals surface area contributed by atoms with E-state index in [4.69, 9.17) is 14.6 Å². The number of aliphatic hydroxyl groups is 1. The van der Waals surface area contributed by atoms with Crippen molar-refractivity contribution in [3.63, 3.8) is 0 Å². The molecular weight excluding hydrogens is 334 g/mol. The standard InChI is InChI=1S/C16H24BrNO3/c1-11(10-19)21-16-14(17)7-12(8-15(16)20-2)9-18-13-5-3-4-6-13/h7-8,11,13,18-19H,3-6,9-10H2,1-2H3/p+1/t11-/m0/s1. The van der Waals surface area contributed by atoms with Crippen molar-refractivity contribution in [3.05, 3.63) is 22.2 Å². The Labute approximate surface area is 135 Å². The fraction of sp³-hybridized carbons (Fsp3) is 0.625. The molecule has 2 rings (SSSR count). The summed E-state index contributed by atoms with van der Waals surface area (Å²) in [5.74, 6) is 1.36. The van der Waals surface area contributed by atoms with Crippen molar-refractivity contribution in [2.24, 2.45) is 0 Å². The van der Waals surface area contributed by atoms with Crippen LogP contribution in [0.3, 0.4) is 0 Å². The molecule has 0 heterocycles. The molecule has 1 fully saturated rings. The minimum absolute atomic E-state index is 0.0210. The number of halogens is 1. The van der Waals surface area contributed by atoms with Crippen LogP contribution < -0.4 is 14.8 Å². The highest BCUT2D eigenvalue weighted by atomic mass is 79.9. The normalized spacial score (nSPS) is 17.0. The van der Waals surface area contributed by atoms with Gasteiger partial charge in [0.15, 0.2) is 11.5 Å². The van der Waals surface area contributed by atoms with Gasteiger partial charge in [0.1, 0.15) is 12.6 Å². The second-order valence-corrected chi connectivity index (χ2v) is 6.56. The van der Waals surface area contributed by atoms with Gasteiger partial charge < -0.3 is 19.9 Å². The van der Waals surface area contributed by atoms with Crippen molar-refractivity contribution >= 4 is 15.9 Å². The highest BCUT2D eigenvalue weighted by Crippen LogP contribution is 2.37. The number of ether oxygens (including phenoxy) is 2. The summed E-state index contributed by atoms with van der Waals surface area (Å²) in [7, 11) is 1.64. The third-order valence-electron chi connectivity index (χ3n) is 3.95. The van der Waals surface area contributed by atoms with Gasteiger partial charge in [-0.2, -0.15) is 0 Å². The maximum atomic E-state index is 9.12. The zero-order valence-corrected chi connectivity index (χ0v) is 14.4. The van der Waals surface area contributed by atoms with Gasteiger partial charge in [0, 0.05) is 5.56 Å². The van der Waals surface area contributed by atoms with E-state index in [2.05, 4.69) is 27.3 Å². The number of nitrogens with two attached hydrogens (primary N) is 1. The summed E-state index contributed by atoms with van der Waals surface area (Å²) in [4.78, 5) is 0. The van der Waals surface area contributed by atoms with E-state index in [9.17, 15) is 0 Å². The van der Waals surface area contributed by atoms with E-state index in [1.807, 2.05) is 13.0 Å². The first kappa shape index (κ1) is 16.6. The summed E-state index contributed by atoms with van der Waals surface area (Å²) >= 11 is 3.55. The third kappa shape index (κ3) is 4.59. The predicted molar refractivity (Wildman–Crippen MR) is 85.8 cm³/mol. The molecule has 0 aliphatic heterocycles. The van der Waals surface area contributed by atoms with E-state index in [1.165, 1.54) is 31.2 Å². The Morgan fingerprint density at radius 3 is 2.71 bits per heavy atom. The van der Waals surface area contributed by atoms with Crippen LogP contribution in [0.15, 0.2) is 16.6 Å². The van der Waals surface area contributed by atoms with Gasteiger partial charge in [-0.3, -0.25) is 0 Å². The van der Waals surface area contributed by atoms with E-state index in [-0.39, 0.29) is 12.7 Å². The van der Waals surface area contributed by atoms with Crippen LogP contribution in [-0.4, -0.2) is 31.0 Å². The summed E-state index contributed by atoms with van der Waals surface area (Å²) in [6.07, 6.45) is 5.12. The Balaban J connectivity index is 2.07. The van der Waals surface area contributed by atoms with Crippen LogP contribution in [0.4, 0.5) is 0 Å². The molecule has 0 unspecified atom stereocenters. The second-order valence-electron chi connectivity index (χ2n) is 5.70.